The standard InChI is InChI=1S/C14H19N3O/c1-14(2)6-12-11(13(18)7-14)4-5-17(12)10-8-15-16(3)9-10/h4-5,8-9,13,18H,6-7H2,1-3H3. The number of hydrogen-bond acceptors (Lipinski definition) is 2. The van der Waals surface area contributed by atoms with Crippen molar-refractivity contribution in [2.24, 2.45) is 12.5 Å². The zero-order valence-corrected chi connectivity index (χ0v) is 11.1. The highest BCUT2D eigenvalue weighted by atomic mass is 16.3. The molecule has 1 N–H and O–H groups in total. The first kappa shape index (κ1) is 11.5. The van der Waals surface area contributed by atoms with Gasteiger partial charge < -0.3 is 9.67 Å². The Morgan fingerprint density at radius 2 is 2.22 bits per heavy atom. The molecule has 0 saturated heterocycles. The molecule has 1 atom stereocenters. The SMILES string of the molecule is Cn1cc(-n2ccc3c2CC(C)(C)CC3O)cn1. The number of rotatable bonds is 1. The normalized spacial score (nSPS) is 21.9. The summed E-state index contributed by atoms with van der Waals surface area (Å²) >= 11 is 0. The third-order valence-corrected chi connectivity index (χ3v) is 3.75. The largest absolute Gasteiger partial charge is 0.388 e. The molecule has 0 saturated carbocycles. The number of fused-ring (bicyclic) bond motifs is 1. The van der Waals surface area contributed by atoms with E-state index in [0.717, 1.165) is 24.1 Å². The van der Waals surface area contributed by atoms with E-state index in [9.17, 15) is 5.11 Å². The van der Waals surface area contributed by atoms with Crippen LogP contribution in [0.5, 0.6) is 0 Å². The molecular weight excluding hydrogens is 226 g/mol. The minimum atomic E-state index is -0.346. The van der Waals surface area contributed by atoms with Crippen molar-refractivity contribution in [2.75, 3.05) is 0 Å². The maximum absolute atomic E-state index is 10.2. The number of aryl methyl sites for hydroxylation is 1. The second kappa shape index (κ2) is 3.72. The van der Waals surface area contributed by atoms with Crippen molar-refractivity contribution in [1.82, 2.24) is 14.3 Å². The molecule has 3 rings (SSSR count). The Balaban J connectivity index is 2.10. The summed E-state index contributed by atoms with van der Waals surface area (Å²) in [5, 5.41) is 14.4. The minimum Gasteiger partial charge on any atom is -0.388 e. The van der Waals surface area contributed by atoms with Crippen LogP contribution in [-0.4, -0.2) is 19.5 Å². The van der Waals surface area contributed by atoms with Gasteiger partial charge in [0.25, 0.3) is 0 Å². The Bertz CT molecular complexity index is 580. The van der Waals surface area contributed by atoms with Gasteiger partial charge in [0.15, 0.2) is 0 Å². The fraction of sp³-hybridized carbons (Fsp3) is 0.500. The maximum Gasteiger partial charge on any atom is 0.0835 e. The molecule has 0 radical (unpaired) electrons. The van der Waals surface area contributed by atoms with Crippen molar-refractivity contribution in [1.29, 1.82) is 0 Å². The highest BCUT2D eigenvalue weighted by molar-refractivity contribution is 5.38. The molecule has 0 amide bonds. The Hall–Kier alpha value is -1.55. The van der Waals surface area contributed by atoms with Crippen molar-refractivity contribution < 1.29 is 5.11 Å². The van der Waals surface area contributed by atoms with Crippen LogP contribution < -0.4 is 0 Å². The number of aromatic nitrogens is 3. The quantitative estimate of drug-likeness (QED) is 0.837. The monoisotopic (exact) mass is 245 g/mol. The van der Waals surface area contributed by atoms with Gasteiger partial charge in [-0.1, -0.05) is 13.8 Å². The van der Waals surface area contributed by atoms with E-state index in [1.165, 1.54) is 5.69 Å². The van der Waals surface area contributed by atoms with Gasteiger partial charge in [-0.2, -0.15) is 5.10 Å². The van der Waals surface area contributed by atoms with Crippen molar-refractivity contribution in [3.8, 4) is 5.69 Å². The van der Waals surface area contributed by atoms with E-state index in [2.05, 4.69) is 23.5 Å². The first-order chi connectivity index (χ1) is 8.46. The van der Waals surface area contributed by atoms with Crippen molar-refractivity contribution >= 4 is 0 Å². The Kier molecular flexibility index (Phi) is 2.38. The summed E-state index contributed by atoms with van der Waals surface area (Å²) < 4.78 is 3.94. The van der Waals surface area contributed by atoms with Crippen LogP contribution in [0.3, 0.4) is 0 Å². The van der Waals surface area contributed by atoms with Crippen molar-refractivity contribution in [3.63, 3.8) is 0 Å². The van der Waals surface area contributed by atoms with E-state index in [-0.39, 0.29) is 11.5 Å². The van der Waals surface area contributed by atoms with Crippen LogP contribution in [0.2, 0.25) is 0 Å². The molecule has 2 aromatic heterocycles. The van der Waals surface area contributed by atoms with Gasteiger partial charge in [0, 0.05) is 30.7 Å². The number of aliphatic hydroxyl groups excluding tert-OH is 1. The van der Waals surface area contributed by atoms with E-state index in [0.29, 0.717) is 0 Å². The second-order valence-corrected chi connectivity index (χ2v) is 6.02. The fourth-order valence-corrected chi connectivity index (χ4v) is 2.90. The highest BCUT2D eigenvalue weighted by Crippen LogP contribution is 2.41. The molecule has 1 aliphatic rings. The van der Waals surface area contributed by atoms with E-state index >= 15 is 0 Å². The van der Waals surface area contributed by atoms with Crippen LogP contribution in [0.4, 0.5) is 0 Å². The first-order valence-electron chi connectivity index (χ1n) is 6.33. The molecule has 96 valence electrons. The fourth-order valence-electron chi connectivity index (χ4n) is 2.90. The third kappa shape index (κ3) is 1.77. The summed E-state index contributed by atoms with van der Waals surface area (Å²) in [7, 11) is 1.91. The average Bonchev–Trinajstić information content (AvgIpc) is 2.82. The predicted molar refractivity (Wildman–Crippen MR) is 69.6 cm³/mol. The van der Waals surface area contributed by atoms with E-state index in [1.54, 1.807) is 4.68 Å². The lowest BCUT2D eigenvalue weighted by atomic mass is 9.75. The molecule has 4 nitrogen and oxygen atoms in total. The Morgan fingerprint density at radius 1 is 1.44 bits per heavy atom. The molecule has 4 heteroatoms. The topological polar surface area (TPSA) is 43.0 Å². The van der Waals surface area contributed by atoms with Gasteiger partial charge in [-0.25, -0.2) is 0 Å². The first-order valence-corrected chi connectivity index (χ1v) is 6.33. The van der Waals surface area contributed by atoms with Gasteiger partial charge in [0.2, 0.25) is 0 Å². The molecule has 2 aromatic rings. The zero-order chi connectivity index (χ0) is 12.9. The number of aliphatic hydroxyl groups is 1. The Morgan fingerprint density at radius 3 is 2.89 bits per heavy atom. The third-order valence-electron chi connectivity index (χ3n) is 3.75. The lowest BCUT2D eigenvalue weighted by molar-refractivity contribution is 0.0987. The molecule has 0 aromatic carbocycles. The van der Waals surface area contributed by atoms with Crippen LogP contribution >= 0.6 is 0 Å². The molecule has 0 aliphatic heterocycles. The van der Waals surface area contributed by atoms with Crippen LogP contribution in [0.25, 0.3) is 5.69 Å². The van der Waals surface area contributed by atoms with E-state index in [1.807, 2.05) is 31.7 Å². The smallest absolute Gasteiger partial charge is 0.0835 e. The summed E-state index contributed by atoms with van der Waals surface area (Å²) in [4.78, 5) is 0. The van der Waals surface area contributed by atoms with Gasteiger partial charge in [-0.15, -0.1) is 0 Å². The van der Waals surface area contributed by atoms with Gasteiger partial charge in [0.1, 0.15) is 0 Å². The molecule has 0 fully saturated rings. The molecule has 2 heterocycles. The van der Waals surface area contributed by atoms with Crippen LogP contribution in [0.1, 0.15) is 37.6 Å². The van der Waals surface area contributed by atoms with Crippen LogP contribution in [0, 0.1) is 5.41 Å². The number of nitrogens with zero attached hydrogens (tertiary/aromatic N) is 3. The maximum atomic E-state index is 10.2. The molecule has 1 unspecified atom stereocenters. The molecule has 0 spiro atoms. The molecule has 0 bridgehead atoms. The zero-order valence-electron chi connectivity index (χ0n) is 11.1. The van der Waals surface area contributed by atoms with Gasteiger partial charge >= 0.3 is 0 Å². The Labute approximate surface area is 107 Å². The van der Waals surface area contributed by atoms with Gasteiger partial charge in [-0.05, 0) is 24.3 Å². The molecular formula is C14H19N3O. The second-order valence-electron chi connectivity index (χ2n) is 6.02. The summed E-state index contributed by atoms with van der Waals surface area (Å²) in [5.41, 5.74) is 3.48. The predicted octanol–water partition coefficient (Wildman–Crippen LogP) is 2.22. The summed E-state index contributed by atoms with van der Waals surface area (Å²) in [6, 6.07) is 2.03. The summed E-state index contributed by atoms with van der Waals surface area (Å²) in [6.07, 6.45) is 7.36. The number of hydrogen-bond donors (Lipinski definition) is 1. The van der Waals surface area contributed by atoms with Gasteiger partial charge in [0.05, 0.1) is 18.0 Å². The lowest BCUT2D eigenvalue weighted by Crippen LogP contribution is -2.26. The van der Waals surface area contributed by atoms with Crippen molar-refractivity contribution in [2.45, 2.75) is 32.8 Å². The summed E-state index contributed by atoms with van der Waals surface area (Å²) in [5.74, 6) is 0. The van der Waals surface area contributed by atoms with Crippen LogP contribution in [-0.2, 0) is 13.5 Å². The van der Waals surface area contributed by atoms with E-state index < -0.39 is 0 Å². The van der Waals surface area contributed by atoms with E-state index in [4.69, 9.17) is 0 Å². The van der Waals surface area contributed by atoms with Crippen LogP contribution in [0.15, 0.2) is 24.7 Å². The lowest BCUT2D eigenvalue weighted by Gasteiger charge is -2.33. The molecule has 18 heavy (non-hydrogen) atoms. The summed E-state index contributed by atoms with van der Waals surface area (Å²) in [6.45, 7) is 4.42. The van der Waals surface area contributed by atoms with Crippen molar-refractivity contribution in [3.05, 3.63) is 35.9 Å². The minimum absolute atomic E-state index is 0.144. The highest BCUT2D eigenvalue weighted by Gasteiger charge is 2.33. The average molecular weight is 245 g/mol. The molecule has 1 aliphatic carbocycles. The van der Waals surface area contributed by atoms with Gasteiger partial charge in [-0.3, -0.25) is 4.68 Å².